The minimum absolute atomic E-state index is 0.131. The molecule has 7 heteroatoms. The Morgan fingerprint density at radius 3 is 2.49 bits per heavy atom. The number of carbonyl (C=O) groups is 1. The van der Waals surface area contributed by atoms with Crippen molar-refractivity contribution in [3.63, 3.8) is 0 Å². The van der Waals surface area contributed by atoms with Gasteiger partial charge in [0, 0.05) is 22.7 Å². The molecule has 0 saturated carbocycles. The maximum atomic E-state index is 13.1. The minimum Gasteiger partial charge on any atom is -0.497 e. The summed E-state index contributed by atoms with van der Waals surface area (Å²) < 4.78 is 7.24. The van der Waals surface area contributed by atoms with E-state index in [0.717, 1.165) is 45.2 Å². The summed E-state index contributed by atoms with van der Waals surface area (Å²) in [5, 5.41) is 5.48. The monoisotopic (exact) mass is 482 g/mol. The Kier molecular flexibility index (Phi) is 6.09. The lowest BCUT2D eigenvalue weighted by molar-refractivity contribution is -0.115. The van der Waals surface area contributed by atoms with Crippen LogP contribution in [0.5, 0.6) is 5.75 Å². The van der Waals surface area contributed by atoms with Crippen LogP contribution in [0.2, 0.25) is 0 Å². The van der Waals surface area contributed by atoms with E-state index in [1.165, 1.54) is 22.5 Å². The second-order valence-electron chi connectivity index (χ2n) is 8.58. The highest BCUT2D eigenvalue weighted by Crippen LogP contribution is 2.29. The molecule has 6 nitrogen and oxygen atoms in total. The number of nitrogens with zero attached hydrogens (tertiary/aromatic N) is 3. The lowest BCUT2D eigenvalue weighted by Crippen LogP contribution is -2.16. The number of hydrogen-bond acceptors (Lipinski definition) is 5. The molecule has 5 aromatic rings. The molecule has 3 heterocycles. The van der Waals surface area contributed by atoms with Gasteiger partial charge in [0.15, 0.2) is 5.13 Å². The molecule has 0 radical (unpaired) electrons. The van der Waals surface area contributed by atoms with Crippen molar-refractivity contribution in [2.45, 2.75) is 27.2 Å². The van der Waals surface area contributed by atoms with Crippen molar-refractivity contribution in [1.82, 2.24) is 14.4 Å². The first-order chi connectivity index (χ1) is 16.9. The van der Waals surface area contributed by atoms with Crippen LogP contribution in [-0.2, 0) is 11.2 Å². The number of imidazole rings is 1. The third kappa shape index (κ3) is 4.55. The predicted molar refractivity (Wildman–Crippen MR) is 141 cm³/mol. The molecule has 0 spiro atoms. The van der Waals surface area contributed by atoms with E-state index in [0.29, 0.717) is 5.13 Å². The van der Waals surface area contributed by atoms with Gasteiger partial charge >= 0.3 is 0 Å². The van der Waals surface area contributed by atoms with Gasteiger partial charge < -0.3 is 14.5 Å². The largest absolute Gasteiger partial charge is 0.497 e. The van der Waals surface area contributed by atoms with Crippen molar-refractivity contribution >= 4 is 28.0 Å². The van der Waals surface area contributed by atoms with E-state index in [1.54, 1.807) is 7.11 Å². The van der Waals surface area contributed by atoms with Crippen molar-refractivity contribution in [2.24, 2.45) is 0 Å². The molecule has 1 amide bonds. The van der Waals surface area contributed by atoms with E-state index < -0.39 is 0 Å². The first-order valence-corrected chi connectivity index (χ1v) is 12.2. The second kappa shape index (κ2) is 9.35. The van der Waals surface area contributed by atoms with Crippen molar-refractivity contribution in [2.75, 3.05) is 12.4 Å². The number of rotatable bonds is 6. The number of fused-ring (bicyclic) bond motifs is 1. The summed E-state index contributed by atoms with van der Waals surface area (Å²) in [6, 6.07) is 18.0. The fourth-order valence-corrected chi connectivity index (χ4v) is 4.82. The van der Waals surface area contributed by atoms with Crippen LogP contribution in [0.1, 0.15) is 22.4 Å². The highest BCUT2D eigenvalue weighted by Gasteiger charge is 2.19. The summed E-state index contributed by atoms with van der Waals surface area (Å²) in [5.74, 6) is 0.661. The highest BCUT2D eigenvalue weighted by atomic mass is 32.1. The Hall–Kier alpha value is -3.97. The molecule has 35 heavy (non-hydrogen) atoms. The smallest absolute Gasteiger partial charge is 0.232 e. The third-order valence-electron chi connectivity index (χ3n) is 6.19. The molecule has 1 N–H and O–H groups in total. The van der Waals surface area contributed by atoms with Crippen molar-refractivity contribution in [3.8, 4) is 28.3 Å². The van der Waals surface area contributed by atoms with Gasteiger partial charge in [0.2, 0.25) is 5.91 Å². The molecule has 0 aliphatic rings. The van der Waals surface area contributed by atoms with Crippen molar-refractivity contribution in [1.29, 1.82) is 0 Å². The number of aryl methyl sites for hydroxylation is 3. The number of nitrogens with one attached hydrogen (secondary N) is 1. The molecule has 176 valence electrons. The summed E-state index contributed by atoms with van der Waals surface area (Å²) in [7, 11) is 1.64. The van der Waals surface area contributed by atoms with Crippen LogP contribution in [0.3, 0.4) is 0 Å². The summed E-state index contributed by atoms with van der Waals surface area (Å²) >= 11 is 1.41. The summed E-state index contributed by atoms with van der Waals surface area (Å²) in [5.41, 5.74) is 8.82. The first kappa shape index (κ1) is 22.8. The van der Waals surface area contributed by atoms with Crippen LogP contribution in [0.15, 0.2) is 66.2 Å². The number of benzene rings is 2. The van der Waals surface area contributed by atoms with E-state index in [-0.39, 0.29) is 12.3 Å². The molecule has 0 bridgehead atoms. The van der Waals surface area contributed by atoms with E-state index in [2.05, 4.69) is 42.3 Å². The van der Waals surface area contributed by atoms with Gasteiger partial charge in [0.05, 0.1) is 30.6 Å². The normalized spacial score (nSPS) is 11.1. The number of thiazole rings is 1. The Balaban J connectivity index is 1.43. The van der Waals surface area contributed by atoms with Crippen LogP contribution in [-0.4, -0.2) is 27.4 Å². The SMILES string of the molecule is COc1ccc(-c2csc(NC(=O)Cc3c(-c4ccc(C)c(C)c4)nc4c(C)cccn34)n2)cc1. The van der Waals surface area contributed by atoms with E-state index in [1.807, 2.05) is 59.3 Å². The van der Waals surface area contributed by atoms with E-state index >= 15 is 0 Å². The molecule has 0 atom stereocenters. The van der Waals surface area contributed by atoms with Gasteiger partial charge in [-0.15, -0.1) is 11.3 Å². The Labute approximate surface area is 208 Å². The Morgan fingerprint density at radius 1 is 0.971 bits per heavy atom. The van der Waals surface area contributed by atoms with Crippen LogP contribution in [0, 0.1) is 20.8 Å². The standard InChI is InChI=1S/C28H26N4O2S/c1-17-7-8-21(14-19(17)3)26-24(32-13-5-6-18(2)27(32)31-26)15-25(33)30-28-29-23(16-35-28)20-9-11-22(34-4)12-10-20/h5-14,16H,15H2,1-4H3,(H,29,30,33). The lowest BCUT2D eigenvalue weighted by atomic mass is 10.0. The molecule has 2 aromatic carbocycles. The van der Waals surface area contributed by atoms with Crippen molar-refractivity contribution < 1.29 is 9.53 Å². The number of carbonyl (C=O) groups excluding carboxylic acids is 1. The highest BCUT2D eigenvalue weighted by molar-refractivity contribution is 7.14. The molecule has 0 fully saturated rings. The second-order valence-corrected chi connectivity index (χ2v) is 9.44. The van der Waals surface area contributed by atoms with Gasteiger partial charge in [-0.25, -0.2) is 9.97 Å². The fraction of sp³-hybridized carbons (Fsp3) is 0.179. The number of methoxy groups -OCH3 is 1. The van der Waals surface area contributed by atoms with Gasteiger partial charge in [-0.3, -0.25) is 4.79 Å². The zero-order chi connectivity index (χ0) is 24.5. The molecule has 3 aromatic heterocycles. The maximum Gasteiger partial charge on any atom is 0.232 e. The zero-order valence-electron chi connectivity index (χ0n) is 20.1. The summed E-state index contributed by atoms with van der Waals surface area (Å²) in [6.45, 7) is 6.22. The number of pyridine rings is 1. The molecule has 0 saturated heterocycles. The number of amides is 1. The Morgan fingerprint density at radius 2 is 1.74 bits per heavy atom. The summed E-state index contributed by atoms with van der Waals surface area (Å²) in [6.07, 6.45) is 2.15. The average Bonchev–Trinajstić information content (AvgIpc) is 3.47. The van der Waals surface area contributed by atoms with Gasteiger partial charge in [-0.2, -0.15) is 0 Å². The van der Waals surface area contributed by atoms with Crippen LogP contribution in [0.4, 0.5) is 5.13 Å². The fourth-order valence-electron chi connectivity index (χ4n) is 4.08. The number of ether oxygens (including phenoxy) is 1. The topological polar surface area (TPSA) is 68.5 Å². The number of anilines is 1. The van der Waals surface area contributed by atoms with Gasteiger partial charge in [0.25, 0.3) is 0 Å². The van der Waals surface area contributed by atoms with E-state index in [4.69, 9.17) is 9.72 Å². The van der Waals surface area contributed by atoms with E-state index in [9.17, 15) is 4.79 Å². The van der Waals surface area contributed by atoms with Crippen LogP contribution < -0.4 is 10.1 Å². The van der Waals surface area contributed by atoms with Gasteiger partial charge in [-0.1, -0.05) is 18.2 Å². The maximum absolute atomic E-state index is 13.1. The number of hydrogen-bond donors (Lipinski definition) is 1. The average molecular weight is 483 g/mol. The zero-order valence-corrected chi connectivity index (χ0v) is 20.9. The molecular formula is C28H26N4O2S. The Bertz CT molecular complexity index is 1530. The molecule has 5 rings (SSSR count). The number of aromatic nitrogens is 3. The molecule has 0 unspecified atom stereocenters. The van der Waals surface area contributed by atoms with Crippen LogP contribution in [0.25, 0.3) is 28.2 Å². The molecular weight excluding hydrogens is 456 g/mol. The predicted octanol–water partition coefficient (Wildman–Crippen LogP) is 6.24. The third-order valence-corrected chi connectivity index (χ3v) is 6.95. The lowest BCUT2D eigenvalue weighted by Gasteiger charge is -2.08. The van der Waals surface area contributed by atoms with Gasteiger partial charge in [-0.05, 0) is 73.9 Å². The minimum atomic E-state index is -0.131. The molecule has 0 aliphatic heterocycles. The van der Waals surface area contributed by atoms with Crippen LogP contribution >= 0.6 is 11.3 Å². The molecule has 0 aliphatic carbocycles. The quantitative estimate of drug-likeness (QED) is 0.311. The van der Waals surface area contributed by atoms with Gasteiger partial charge in [0.1, 0.15) is 11.4 Å². The first-order valence-electron chi connectivity index (χ1n) is 11.4. The summed E-state index contributed by atoms with van der Waals surface area (Å²) in [4.78, 5) is 22.7. The van der Waals surface area contributed by atoms with Crippen molar-refractivity contribution in [3.05, 3.63) is 88.6 Å².